The van der Waals surface area contributed by atoms with Gasteiger partial charge in [-0.3, -0.25) is 0 Å². The van der Waals surface area contributed by atoms with Crippen LogP contribution in [0.2, 0.25) is 5.02 Å². The van der Waals surface area contributed by atoms with Crippen molar-refractivity contribution in [1.29, 1.82) is 0 Å². The van der Waals surface area contributed by atoms with Gasteiger partial charge in [-0.1, -0.05) is 11.6 Å². The van der Waals surface area contributed by atoms with E-state index in [1.165, 1.54) is 0 Å². The summed E-state index contributed by atoms with van der Waals surface area (Å²) in [6.07, 6.45) is 2.03. The summed E-state index contributed by atoms with van der Waals surface area (Å²) in [5, 5.41) is -0.173. The largest absolute Gasteiger partial charge is 0.396 e. The Bertz CT molecular complexity index is 616. The standard InChI is InChI=1S/C12H16ClFN2O2S2/c1-12(3-2-4-19-12)7-16-20(17,18)11-6-10(15)9(14)5-8(11)13/h5-6,16H,2-4,7,15H2,1H3. The number of anilines is 1. The second-order valence-corrected chi connectivity index (χ2v) is 8.86. The molecular formula is C12H16ClFN2O2S2. The minimum absolute atomic E-state index is 0.106. The Morgan fingerprint density at radius 3 is 2.85 bits per heavy atom. The molecule has 1 aliphatic heterocycles. The van der Waals surface area contributed by atoms with Crippen LogP contribution in [0.15, 0.2) is 17.0 Å². The summed E-state index contributed by atoms with van der Waals surface area (Å²) in [5.41, 5.74) is 5.16. The smallest absolute Gasteiger partial charge is 0.242 e. The van der Waals surface area contributed by atoms with E-state index in [-0.39, 0.29) is 20.4 Å². The van der Waals surface area contributed by atoms with E-state index in [1.807, 2.05) is 6.92 Å². The third-order valence-electron chi connectivity index (χ3n) is 3.28. The monoisotopic (exact) mass is 338 g/mol. The van der Waals surface area contributed by atoms with Gasteiger partial charge in [0.1, 0.15) is 10.7 Å². The fourth-order valence-corrected chi connectivity index (χ4v) is 5.11. The molecule has 1 atom stereocenters. The van der Waals surface area contributed by atoms with Gasteiger partial charge >= 0.3 is 0 Å². The highest BCUT2D eigenvalue weighted by Gasteiger charge is 2.31. The summed E-state index contributed by atoms with van der Waals surface area (Å²) in [4.78, 5) is -0.190. The summed E-state index contributed by atoms with van der Waals surface area (Å²) in [7, 11) is -3.80. The quantitative estimate of drug-likeness (QED) is 0.828. The molecule has 0 bridgehead atoms. The van der Waals surface area contributed by atoms with Crippen LogP contribution in [-0.4, -0.2) is 25.5 Å². The highest BCUT2D eigenvalue weighted by molar-refractivity contribution is 8.01. The topological polar surface area (TPSA) is 72.2 Å². The van der Waals surface area contributed by atoms with Crippen molar-refractivity contribution in [3.8, 4) is 0 Å². The van der Waals surface area contributed by atoms with Crippen LogP contribution in [0.4, 0.5) is 10.1 Å². The molecule has 1 unspecified atom stereocenters. The summed E-state index contributed by atoms with van der Waals surface area (Å²) in [6, 6.07) is 1.96. The van der Waals surface area contributed by atoms with Gasteiger partial charge in [-0.2, -0.15) is 11.8 Å². The van der Waals surface area contributed by atoms with Crippen molar-refractivity contribution < 1.29 is 12.8 Å². The van der Waals surface area contributed by atoms with Gasteiger partial charge in [-0.25, -0.2) is 17.5 Å². The number of hydrogen-bond acceptors (Lipinski definition) is 4. The van der Waals surface area contributed by atoms with Crippen molar-refractivity contribution in [3.05, 3.63) is 23.0 Å². The molecule has 4 nitrogen and oxygen atoms in total. The fourth-order valence-electron chi connectivity index (χ4n) is 2.05. The number of nitrogens with two attached hydrogens (primary N) is 1. The Morgan fingerprint density at radius 1 is 1.55 bits per heavy atom. The van der Waals surface area contributed by atoms with Crippen LogP contribution in [0.3, 0.4) is 0 Å². The molecule has 0 amide bonds. The van der Waals surface area contributed by atoms with Gasteiger partial charge in [0, 0.05) is 11.3 Å². The van der Waals surface area contributed by atoms with E-state index >= 15 is 0 Å². The predicted molar refractivity (Wildman–Crippen MR) is 81.1 cm³/mol. The normalized spacial score (nSPS) is 23.1. The maximum absolute atomic E-state index is 13.2. The molecule has 112 valence electrons. The van der Waals surface area contributed by atoms with Crippen LogP contribution in [0.5, 0.6) is 0 Å². The number of thioether (sulfide) groups is 1. The van der Waals surface area contributed by atoms with Gasteiger partial charge in [-0.15, -0.1) is 0 Å². The average molecular weight is 339 g/mol. The third-order valence-corrected chi connectivity index (χ3v) is 6.68. The first-order chi connectivity index (χ1) is 9.23. The van der Waals surface area contributed by atoms with Gasteiger partial charge in [0.15, 0.2) is 0 Å². The number of hydrogen-bond donors (Lipinski definition) is 2. The lowest BCUT2D eigenvalue weighted by atomic mass is 10.1. The molecule has 1 aliphatic rings. The second kappa shape index (κ2) is 5.71. The van der Waals surface area contributed by atoms with Gasteiger partial charge < -0.3 is 5.73 Å². The zero-order valence-electron chi connectivity index (χ0n) is 10.9. The SMILES string of the molecule is CC1(CNS(=O)(=O)c2cc(N)c(F)cc2Cl)CCCS1. The van der Waals surface area contributed by atoms with Crippen LogP contribution < -0.4 is 10.5 Å². The van der Waals surface area contributed by atoms with E-state index < -0.39 is 15.8 Å². The van der Waals surface area contributed by atoms with Crippen LogP contribution >= 0.6 is 23.4 Å². The zero-order chi connectivity index (χ0) is 15.0. The number of nitrogens with one attached hydrogen (secondary N) is 1. The second-order valence-electron chi connectivity index (χ2n) is 5.03. The predicted octanol–water partition coefficient (Wildman–Crippen LogP) is 2.63. The van der Waals surface area contributed by atoms with Crippen molar-refractivity contribution in [2.45, 2.75) is 29.4 Å². The highest BCUT2D eigenvalue weighted by atomic mass is 35.5. The molecule has 2 rings (SSSR count). The number of nitrogen functional groups attached to an aromatic ring is 1. The Kier molecular flexibility index (Phi) is 4.53. The lowest BCUT2D eigenvalue weighted by Gasteiger charge is -2.23. The summed E-state index contributed by atoms with van der Waals surface area (Å²) in [5.74, 6) is 0.301. The van der Waals surface area contributed by atoms with Gasteiger partial charge in [0.2, 0.25) is 10.0 Å². The van der Waals surface area contributed by atoms with Crippen LogP contribution in [0, 0.1) is 5.82 Å². The number of sulfonamides is 1. The molecule has 0 aliphatic carbocycles. The Morgan fingerprint density at radius 2 is 2.25 bits per heavy atom. The Hall–Kier alpha value is -0.500. The number of rotatable bonds is 4. The van der Waals surface area contributed by atoms with E-state index in [9.17, 15) is 12.8 Å². The van der Waals surface area contributed by atoms with Crippen LogP contribution in [0.25, 0.3) is 0 Å². The molecule has 3 N–H and O–H groups in total. The molecule has 0 aromatic heterocycles. The lowest BCUT2D eigenvalue weighted by molar-refractivity contribution is 0.552. The molecule has 0 radical (unpaired) electrons. The molecule has 1 aromatic carbocycles. The first kappa shape index (κ1) is 15.9. The highest BCUT2D eigenvalue weighted by Crippen LogP contribution is 2.37. The molecular weight excluding hydrogens is 323 g/mol. The van der Waals surface area contributed by atoms with Crippen molar-refractivity contribution in [2.75, 3.05) is 18.0 Å². The van der Waals surface area contributed by atoms with E-state index in [2.05, 4.69) is 4.72 Å². The number of halogens is 2. The van der Waals surface area contributed by atoms with E-state index in [0.29, 0.717) is 6.54 Å². The molecule has 1 fully saturated rings. The maximum atomic E-state index is 13.2. The number of benzene rings is 1. The lowest BCUT2D eigenvalue weighted by Crippen LogP contribution is -2.36. The summed E-state index contributed by atoms with van der Waals surface area (Å²) < 4.78 is 40.1. The van der Waals surface area contributed by atoms with Crippen molar-refractivity contribution >= 4 is 39.1 Å². The first-order valence-corrected chi connectivity index (χ1v) is 8.96. The minimum Gasteiger partial charge on any atom is -0.396 e. The van der Waals surface area contributed by atoms with E-state index in [4.69, 9.17) is 17.3 Å². The molecule has 0 spiro atoms. The van der Waals surface area contributed by atoms with E-state index in [0.717, 1.165) is 30.7 Å². The molecule has 1 saturated heterocycles. The van der Waals surface area contributed by atoms with Crippen molar-refractivity contribution in [2.24, 2.45) is 0 Å². The molecule has 1 aromatic rings. The minimum atomic E-state index is -3.80. The average Bonchev–Trinajstić information content (AvgIpc) is 2.79. The zero-order valence-corrected chi connectivity index (χ0v) is 13.3. The van der Waals surface area contributed by atoms with Crippen molar-refractivity contribution in [3.63, 3.8) is 0 Å². The maximum Gasteiger partial charge on any atom is 0.242 e. The van der Waals surface area contributed by atoms with Gasteiger partial charge in [0.25, 0.3) is 0 Å². The van der Waals surface area contributed by atoms with Crippen LogP contribution in [0.1, 0.15) is 19.8 Å². The molecule has 8 heteroatoms. The summed E-state index contributed by atoms with van der Waals surface area (Å²) >= 11 is 7.54. The fraction of sp³-hybridized carbons (Fsp3) is 0.500. The van der Waals surface area contributed by atoms with Gasteiger partial charge in [0.05, 0.1) is 10.7 Å². The molecule has 0 saturated carbocycles. The Labute approximate surface area is 127 Å². The van der Waals surface area contributed by atoms with Crippen LogP contribution in [-0.2, 0) is 10.0 Å². The van der Waals surface area contributed by atoms with Crippen molar-refractivity contribution in [1.82, 2.24) is 4.72 Å². The van der Waals surface area contributed by atoms with Gasteiger partial charge in [-0.05, 0) is 37.7 Å². The first-order valence-electron chi connectivity index (χ1n) is 6.12. The molecule has 1 heterocycles. The molecule has 20 heavy (non-hydrogen) atoms. The Balaban J connectivity index is 2.20. The van der Waals surface area contributed by atoms with E-state index in [1.54, 1.807) is 11.8 Å². The third kappa shape index (κ3) is 3.39. The summed E-state index contributed by atoms with van der Waals surface area (Å²) in [6.45, 7) is 2.33.